The Morgan fingerprint density at radius 3 is 3.14 bits per heavy atom. The van der Waals surface area contributed by atoms with Gasteiger partial charge >= 0.3 is 0 Å². The summed E-state index contributed by atoms with van der Waals surface area (Å²) in [6.45, 7) is 0. The molecule has 0 spiro atoms. The minimum atomic E-state index is 0.695. The van der Waals surface area contributed by atoms with Crippen molar-refractivity contribution >= 4 is 28.4 Å². The van der Waals surface area contributed by atoms with E-state index in [2.05, 4.69) is 9.97 Å². The number of fused-ring (bicyclic) bond motifs is 3. The molecule has 3 rings (SSSR count). The second-order valence-electron chi connectivity index (χ2n) is 3.03. The van der Waals surface area contributed by atoms with E-state index in [9.17, 15) is 0 Å². The van der Waals surface area contributed by atoms with Gasteiger partial charge < -0.3 is 0 Å². The predicted molar refractivity (Wildman–Crippen MR) is 55.5 cm³/mol. The van der Waals surface area contributed by atoms with Crippen LogP contribution in [0.4, 0.5) is 0 Å². The zero-order valence-corrected chi connectivity index (χ0v) is 7.94. The van der Waals surface area contributed by atoms with Crippen molar-refractivity contribution in [3.63, 3.8) is 0 Å². The lowest BCUT2D eigenvalue weighted by Gasteiger charge is -1.92. The lowest BCUT2D eigenvalue weighted by Crippen LogP contribution is -1.84. The highest BCUT2D eigenvalue weighted by Gasteiger charge is 2.03. The fraction of sp³-hybridized carbons (Fsp3) is 0. The molecule has 0 fully saturated rings. The van der Waals surface area contributed by atoms with Crippen LogP contribution in [-0.4, -0.2) is 14.4 Å². The van der Waals surface area contributed by atoms with Crippen LogP contribution in [0.2, 0.25) is 5.02 Å². The van der Waals surface area contributed by atoms with Crippen molar-refractivity contribution in [1.82, 2.24) is 14.4 Å². The maximum Gasteiger partial charge on any atom is 0.234 e. The third kappa shape index (κ3) is 0.992. The van der Waals surface area contributed by atoms with E-state index in [0.29, 0.717) is 10.8 Å². The standard InChI is InChI=1S/C10H6ClN3/c11-7-2-3-9-8(6-7)13-10-12-4-1-5-14(9)10/h1-6H. The van der Waals surface area contributed by atoms with E-state index in [0.717, 1.165) is 11.0 Å². The molecule has 0 bridgehead atoms. The average molecular weight is 204 g/mol. The number of nitrogens with zero attached hydrogens (tertiary/aromatic N) is 3. The second-order valence-corrected chi connectivity index (χ2v) is 3.47. The Bertz CT molecular complexity index is 615. The summed E-state index contributed by atoms with van der Waals surface area (Å²) in [4.78, 5) is 8.50. The molecule has 0 radical (unpaired) electrons. The monoisotopic (exact) mass is 203 g/mol. The Labute approximate surface area is 85.0 Å². The molecule has 0 unspecified atom stereocenters. The Morgan fingerprint density at radius 2 is 2.21 bits per heavy atom. The van der Waals surface area contributed by atoms with Crippen LogP contribution in [0.25, 0.3) is 16.8 Å². The summed E-state index contributed by atoms with van der Waals surface area (Å²) in [7, 11) is 0. The lowest BCUT2D eigenvalue weighted by atomic mass is 10.3. The number of imidazole rings is 1. The molecule has 0 aliphatic rings. The molecule has 68 valence electrons. The zero-order chi connectivity index (χ0) is 9.54. The predicted octanol–water partition coefficient (Wildman–Crippen LogP) is 2.54. The number of benzene rings is 1. The molecule has 0 atom stereocenters. The van der Waals surface area contributed by atoms with E-state index in [1.807, 2.05) is 34.9 Å². The van der Waals surface area contributed by atoms with Crippen molar-refractivity contribution < 1.29 is 0 Å². The van der Waals surface area contributed by atoms with Crippen LogP contribution in [0.1, 0.15) is 0 Å². The van der Waals surface area contributed by atoms with E-state index in [4.69, 9.17) is 11.6 Å². The van der Waals surface area contributed by atoms with Gasteiger partial charge in [0.1, 0.15) is 0 Å². The molecule has 0 aliphatic heterocycles. The first-order valence-corrected chi connectivity index (χ1v) is 4.61. The molecule has 4 heteroatoms. The number of hydrogen-bond donors (Lipinski definition) is 0. The Morgan fingerprint density at radius 1 is 1.29 bits per heavy atom. The highest BCUT2D eigenvalue weighted by Crippen LogP contribution is 2.19. The molecule has 3 aromatic rings. The van der Waals surface area contributed by atoms with Gasteiger partial charge in [-0.15, -0.1) is 0 Å². The molecule has 14 heavy (non-hydrogen) atoms. The molecule has 2 aromatic heterocycles. The Hall–Kier alpha value is -1.61. The third-order valence-corrected chi connectivity index (χ3v) is 2.38. The van der Waals surface area contributed by atoms with Crippen molar-refractivity contribution in [1.29, 1.82) is 0 Å². The van der Waals surface area contributed by atoms with Crippen LogP contribution in [0.15, 0.2) is 36.7 Å². The van der Waals surface area contributed by atoms with Crippen LogP contribution in [0.5, 0.6) is 0 Å². The van der Waals surface area contributed by atoms with Crippen LogP contribution < -0.4 is 0 Å². The van der Waals surface area contributed by atoms with Gasteiger partial charge in [0, 0.05) is 17.4 Å². The van der Waals surface area contributed by atoms with Gasteiger partial charge in [-0.25, -0.2) is 9.97 Å². The van der Waals surface area contributed by atoms with Gasteiger partial charge in [-0.2, -0.15) is 0 Å². The second kappa shape index (κ2) is 2.69. The van der Waals surface area contributed by atoms with E-state index in [1.165, 1.54) is 0 Å². The molecule has 0 amide bonds. The van der Waals surface area contributed by atoms with Gasteiger partial charge in [0.15, 0.2) is 0 Å². The van der Waals surface area contributed by atoms with Crippen LogP contribution >= 0.6 is 11.6 Å². The van der Waals surface area contributed by atoms with E-state index < -0.39 is 0 Å². The maximum absolute atomic E-state index is 5.88. The summed E-state index contributed by atoms with van der Waals surface area (Å²) in [6, 6.07) is 7.51. The van der Waals surface area contributed by atoms with Gasteiger partial charge in [0.25, 0.3) is 0 Å². The smallest absolute Gasteiger partial charge is 0.234 e. The van der Waals surface area contributed by atoms with Crippen molar-refractivity contribution in [3.8, 4) is 0 Å². The fourth-order valence-corrected chi connectivity index (χ4v) is 1.70. The highest BCUT2D eigenvalue weighted by molar-refractivity contribution is 6.31. The lowest BCUT2D eigenvalue weighted by molar-refractivity contribution is 1.13. The minimum absolute atomic E-state index is 0.695. The van der Waals surface area contributed by atoms with E-state index >= 15 is 0 Å². The SMILES string of the molecule is Clc1ccc2c(c1)nc1ncccn12. The van der Waals surface area contributed by atoms with Gasteiger partial charge in [-0.3, -0.25) is 4.40 Å². The van der Waals surface area contributed by atoms with Crippen molar-refractivity contribution in [2.45, 2.75) is 0 Å². The van der Waals surface area contributed by atoms with Crippen molar-refractivity contribution in [2.24, 2.45) is 0 Å². The van der Waals surface area contributed by atoms with Gasteiger partial charge in [-0.05, 0) is 24.3 Å². The largest absolute Gasteiger partial charge is 0.284 e. The first-order chi connectivity index (χ1) is 6.84. The summed E-state index contributed by atoms with van der Waals surface area (Å²) in [5.41, 5.74) is 1.90. The van der Waals surface area contributed by atoms with E-state index in [1.54, 1.807) is 6.20 Å². The number of rotatable bonds is 0. The molecule has 0 saturated heterocycles. The molecular formula is C10H6ClN3. The van der Waals surface area contributed by atoms with E-state index in [-0.39, 0.29) is 0 Å². The molecule has 3 nitrogen and oxygen atoms in total. The Kier molecular flexibility index (Phi) is 1.49. The number of halogens is 1. The third-order valence-electron chi connectivity index (χ3n) is 2.14. The normalized spacial score (nSPS) is 11.2. The topological polar surface area (TPSA) is 30.2 Å². The highest BCUT2D eigenvalue weighted by atomic mass is 35.5. The molecular weight excluding hydrogens is 198 g/mol. The first-order valence-electron chi connectivity index (χ1n) is 4.23. The zero-order valence-electron chi connectivity index (χ0n) is 7.18. The molecule has 0 N–H and O–H groups in total. The summed E-state index contributed by atoms with van der Waals surface area (Å²) < 4.78 is 1.94. The Balaban J connectivity index is 2.57. The van der Waals surface area contributed by atoms with Crippen LogP contribution in [-0.2, 0) is 0 Å². The first kappa shape index (κ1) is 7.76. The quantitative estimate of drug-likeness (QED) is 0.562. The molecule has 2 heterocycles. The molecule has 1 aromatic carbocycles. The average Bonchev–Trinajstić information content (AvgIpc) is 2.54. The number of hydrogen-bond acceptors (Lipinski definition) is 2. The summed E-state index contributed by atoms with van der Waals surface area (Å²) in [5.74, 6) is 0.699. The van der Waals surface area contributed by atoms with Crippen LogP contribution in [0.3, 0.4) is 0 Å². The summed E-state index contributed by atoms with van der Waals surface area (Å²) >= 11 is 5.88. The fourth-order valence-electron chi connectivity index (χ4n) is 1.53. The van der Waals surface area contributed by atoms with Gasteiger partial charge in [-0.1, -0.05) is 11.6 Å². The molecule has 0 aliphatic carbocycles. The number of aromatic nitrogens is 3. The maximum atomic E-state index is 5.88. The van der Waals surface area contributed by atoms with Crippen LogP contribution in [0, 0.1) is 0 Å². The van der Waals surface area contributed by atoms with Crippen molar-refractivity contribution in [2.75, 3.05) is 0 Å². The summed E-state index contributed by atoms with van der Waals surface area (Å²) in [6.07, 6.45) is 3.66. The molecule has 0 saturated carbocycles. The van der Waals surface area contributed by atoms with Crippen molar-refractivity contribution in [3.05, 3.63) is 41.7 Å². The minimum Gasteiger partial charge on any atom is -0.284 e. The van der Waals surface area contributed by atoms with Gasteiger partial charge in [0.2, 0.25) is 5.78 Å². The summed E-state index contributed by atoms with van der Waals surface area (Å²) in [5, 5.41) is 0.695. The van der Waals surface area contributed by atoms with Gasteiger partial charge in [0.05, 0.1) is 11.0 Å².